The second kappa shape index (κ2) is 5.82. The number of hydrogen-bond donors (Lipinski definition) is 2. The van der Waals surface area contributed by atoms with Crippen molar-refractivity contribution in [2.45, 2.75) is 18.9 Å². The summed E-state index contributed by atoms with van der Waals surface area (Å²) in [5, 5.41) is 3.05. The van der Waals surface area contributed by atoms with Crippen molar-refractivity contribution in [2.24, 2.45) is 10.7 Å². The first kappa shape index (κ1) is 12.1. The first-order valence-electron chi connectivity index (χ1n) is 5.74. The number of nitrogens with one attached hydrogen (secondary N) is 1. The lowest BCUT2D eigenvalue weighted by molar-refractivity contribution is 0.599. The Morgan fingerprint density at radius 1 is 1.29 bits per heavy atom. The first-order valence-corrected chi connectivity index (χ1v) is 7.23. The van der Waals surface area contributed by atoms with Gasteiger partial charge in [-0.05, 0) is 25.0 Å². The van der Waals surface area contributed by atoms with Gasteiger partial charge in [-0.2, -0.15) is 0 Å². The summed E-state index contributed by atoms with van der Waals surface area (Å²) in [5.41, 5.74) is 6.77. The highest BCUT2D eigenvalue weighted by Crippen LogP contribution is 2.13. The van der Waals surface area contributed by atoms with Crippen LogP contribution in [0.3, 0.4) is 0 Å². The van der Waals surface area contributed by atoms with Crippen LogP contribution in [0.15, 0.2) is 35.3 Å². The number of anilines is 1. The van der Waals surface area contributed by atoms with E-state index in [1.54, 1.807) is 0 Å². The highest BCUT2D eigenvalue weighted by atomic mass is 32.2. The maximum Gasteiger partial charge on any atom is 0.193 e. The Kier molecular flexibility index (Phi) is 4.14. The van der Waals surface area contributed by atoms with Gasteiger partial charge in [-0.25, -0.2) is 4.99 Å². The Hall–Kier alpha value is -1.36. The standard InChI is InChI=1S/C12H17N3OS/c13-12(14-10-4-2-1-3-5-10)15-11-6-8-17(16)9-7-11/h1-5,11H,6-9H2,(H3,13,14,15). The molecule has 3 N–H and O–H groups in total. The van der Waals surface area contributed by atoms with Crippen molar-refractivity contribution in [3.63, 3.8) is 0 Å². The van der Waals surface area contributed by atoms with Crippen molar-refractivity contribution in [1.29, 1.82) is 0 Å². The van der Waals surface area contributed by atoms with Crippen LogP contribution >= 0.6 is 0 Å². The second-order valence-corrected chi connectivity index (χ2v) is 5.78. The molecule has 0 radical (unpaired) electrons. The Bertz CT molecular complexity index is 409. The monoisotopic (exact) mass is 251 g/mol. The molecule has 1 saturated heterocycles. The molecule has 0 saturated carbocycles. The summed E-state index contributed by atoms with van der Waals surface area (Å²) < 4.78 is 11.2. The van der Waals surface area contributed by atoms with Crippen LogP contribution in [0.25, 0.3) is 0 Å². The molecular formula is C12H17N3OS. The average molecular weight is 251 g/mol. The topological polar surface area (TPSA) is 67.5 Å². The van der Waals surface area contributed by atoms with Gasteiger partial charge >= 0.3 is 0 Å². The molecule has 17 heavy (non-hydrogen) atoms. The van der Waals surface area contributed by atoms with Crippen molar-refractivity contribution in [3.8, 4) is 0 Å². The Morgan fingerprint density at radius 3 is 2.59 bits per heavy atom. The number of guanidine groups is 1. The second-order valence-electron chi connectivity index (χ2n) is 4.08. The quantitative estimate of drug-likeness (QED) is 0.615. The molecule has 1 aliphatic heterocycles. The molecule has 1 heterocycles. The molecule has 1 aliphatic rings. The number of benzene rings is 1. The first-order chi connectivity index (χ1) is 8.24. The normalized spacial score (nSPS) is 25.5. The van der Waals surface area contributed by atoms with Crippen molar-refractivity contribution in [3.05, 3.63) is 30.3 Å². The summed E-state index contributed by atoms with van der Waals surface area (Å²) >= 11 is 0. The molecule has 1 aromatic rings. The molecule has 0 amide bonds. The Balaban J connectivity index is 1.91. The van der Waals surface area contributed by atoms with Gasteiger partial charge in [0.25, 0.3) is 0 Å². The lowest BCUT2D eigenvalue weighted by Crippen LogP contribution is -2.28. The van der Waals surface area contributed by atoms with E-state index in [4.69, 9.17) is 5.73 Å². The van der Waals surface area contributed by atoms with Gasteiger partial charge in [-0.3, -0.25) is 4.21 Å². The molecule has 4 nitrogen and oxygen atoms in total. The predicted molar refractivity (Wildman–Crippen MR) is 72.6 cm³/mol. The van der Waals surface area contributed by atoms with Gasteiger partial charge in [0, 0.05) is 28.0 Å². The molecule has 0 atom stereocenters. The maximum absolute atomic E-state index is 11.2. The Morgan fingerprint density at radius 2 is 1.94 bits per heavy atom. The summed E-state index contributed by atoms with van der Waals surface area (Å²) in [7, 11) is -0.644. The van der Waals surface area contributed by atoms with Crippen molar-refractivity contribution < 1.29 is 4.21 Å². The van der Waals surface area contributed by atoms with E-state index in [9.17, 15) is 4.21 Å². The van der Waals surface area contributed by atoms with Gasteiger partial charge < -0.3 is 11.1 Å². The van der Waals surface area contributed by atoms with Crippen LogP contribution in [0.1, 0.15) is 12.8 Å². The minimum Gasteiger partial charge on any atom is -0.370 e. The molecular weight excluding hydrogens is 234 g/mol. The molecule has 0 aliphatic carbocycles. The molecule has 1 fully saturated rings. The van der Waals surface area contributed by atoms with Crippen LogP contribution < -0.4 is 11.1 Å². The van der Waals surface area contributed by atoms with Crippen molar-refractivity contribution in [2.75, 3.05) is 16.8 Å². The van der Waals surface area contributed by atoms with E-state index in [0.717, 1.165) is 30.0 Å². The van der Waals surface area contributed by atoms with Crippen molar-refractivity contribution in [1.82, 2.24) is 0 Å². The zero-order chi connectivity index (χ0) is 12.1. The number of hydrogen-bond acceptors (Lipinski definition) is 2. The highest BCUT2D eigenvalue weighted by Gasteiger charge is 2.17. The van der Waals surface area contributed by atoms with Gasteiger partial charge in [0.1, 0.15) is 0 Å². The van der Waals surface area contributed by atoms with E-state index in [2.05, 4.69) is 10.3 Å². The third-order valence-corrected chi connectivity index (χ3v) is 4.11. The molecule has 0 unspecified atom stereocenters. The van der Waals surface area contributed by atoms with Crippen molar-refractivity contribution >= 4 is 22.4 Å². The van der Waals surface area contributed by atoms with Crippen LogP contribution in [-0.4, -0.2) is 27.7 Å². The fourth-order valence-corrected chi connectivity index (χ4v) is 3.08. The SMILES string of the molecule is NC(=NC1CCS(=O)CC1)Nc1ccccc1. The minimum atomic E-state index is -0.644. The van der Waals surface area contributed by atoms with E-state index in [-0.39, 0.29) is 6.04 Å². The lowest BCUT2D eigenvalue weighted by Gasteiger charge is -2.18. The van der Waals surface area contributed by atoms with E-state index in [0.29, 0.717) is 5.96 Å². The fourth-order valence-electron chi connectivity index (χ4n) is 1.81. The Labute approximate surface area is 104 Å². The lowest BCUT2D eigenvalue weighted by atomic mass is 10.2. The molecule has 2 rings (SSSR count). The molecule has 1 aromatic carbocycles. The third-order valence-electron chi connectivity index (χ3n) is 2.73. The number of rotatable bonds is 2. The molecule has 0 aromatic heterocycles. The number of nitrogens with zero attached hydrogens (tertiary/aromatic N) is 1. The van der Waals surface area contributed by atoms with E-state index >= 15 is 0 Å². The van der Waals surface area contributed by atoms with Crippen LogP contribution in [0.5, 0.6) is 0 Å². The summed E-state index contributed by atoms with van der Waals surface area (Å²) in [5.74, 6) is 1.92. The molecule has 0 spiro atoms. The van der Waals surface area contributed by atoms with Crippen LogP contribution in [0.4, 0.5) is 5.69 Å². The summed E-state index contributed by atoms with van der Waals surface area (Å²) in [4.78, 5) is 4.41. The highest BCUT2D eigenvalue weighted by molar-refractivity contribution is 7.85. The number of nitrogens with two attached hydrogens (primary N) is 1. The van der Waals surface area contributed by atoms with E-state index in [1.165, 1.54) is 0 Å². The van der Waals surface area contributed by atoms with Gasteiger partial charge in [0.2, 0.25) is 0 Å². The average Bonchev–Trinajstić information content (AvgIpc) is 2.33. The molecule has 0 bridgehead atoms. The summed E-state index contributed by atoms with van der Waals surface area (Å²) in [6.07, 6.45) is 1.73. The zero-order valence-corrected chi connectivity index (χ0v) is 10.5. The largest absolute Gasteiger partial charge is 0.370 e. The smallest absolute Gasteiger partial charge is 0.193 e. The van der Waals surface area contributed by atoms with Gasteiger partial charge in [-0.15, -0.1) is 0 Å². The van der Waals surface area contributed by atoms with Gasteiger partial charge in [0.15, 0.2) is 5.96 Å². The predicted octanol–water partition coefficient (Wildman–Crippen LogP) is 1.32. The van der Waals surface area contributed by atoms with Gasteiger partial charge in [0.05, 0.1) is 6.04 Å². The zero-order valence-electron chi connectivity index (χ0n) is 9.63. The number of para-hydroxylation sites is 1. The van der Waals surface area contributed by atoms with Crippen LogP contribution in [0, 0.1) is 0 Å². The maximum atomic E-state index is 11.2. The fraction of sp³-hybridized carbons (Fsp3) is 0.417. The van der Waals surface area contributed by atoms with Gasteiger partial charge in [-0.1, -0.05) is 18.2 Å². The van der Waals surface area contributed by atoms with Crippen LogP contribution in [0.2, 0.25) is 0 Å². The van der Waals surface area contributed by atoms with Crippen LogP contribution in [-0.2, 0) is 10.8 Å². The summed E-state index contributed by atoms with van der Waals surface area (Å²) in [6, 6.07) is 9.94. The summed E-state index contributed by atoms with van der Waals surface area (Å²) in [6.45, 7) is 0. The third kappa shape index (κ3) is 3.85. The minimum absolute atomic E-state index is 0.212. The van der Waals surface area contributed by atoms with E-state index in [1.807, 2.05) is 30.3 Å². The van der Waals surface area contributed by atoms with E-state index < -0.39 is 10.8 Å². The number of aliphatic imine (C=N–C) groups is 1. The molecule has 92 valence electrons. The molecule has 5 heteroatoms.